The highest BCUT2D eigenvalue weighted by atomic mass is 19.4. The van der Waals surface area contributed by atoms with Gasteiger partial charge in [0.05, 0.1) is 18.2 Å². The van der Waals surface area contributed by atoms with E-state index in [4.69, 9.17) is 0 Å². The predicted molar refractivity (Wildman–Crippen MR) is 109 cm³/mol. The molecule has 0 aliphatic rings. The maximum absolute atomic E-state index is 13.1. The lowest BCUT2D eigenvalue weighted by atomic mass is 9.85. The molecule has 0 amide bonds. The summed E-state index contributed by atoms with van der Waals surface area (Å²) in [5.74, 6) is -0.0740. The highest BCUT2D eigenvalue weighted by Crippen LogP contribution is 2.32. The number of alkyl halides is 3. The van der Waals surface area contributed by atoms with Crippen molar-refractivity contribution < 1.29 is 13.2 Å². The fraction of sp³-hybridized carbons (Fsp3) is 0.476. The fourth-order valence-electron chi connectivity index (χ4n) is 3.65. The van der Waals surface area contributed by atoms with E-state index in [1.54, 1.807) is 0 Å². The Bertz CT molecular complexity index is 1160. The molecule has 30 heavy (non-hydrogen) atoms. The number of benzene rings is 1. The molecule has 2 heterocycles. The van der Waals surface area contributed by atoms with Gasteiger partial charge in [-0.2, -0.15) is 18.3 Å². The SMILES string of the molecule is CC(C)[C@@H](c1ccc(C(C)(C)C)cc1)n1nc(CC(F)(F)F)c2c(=O)[nH]c(=O)[nH]c21. The molecule has 9 heteroatoms. The molecule has 1 atom stereocenters. The van der Waals surface area contributed by atoms with Gasteiger partial charge in [-0.05, 0) is 22.5 Å². The first-order valence-electron chi connectivity index (χ1n) is 9.69. The minimum atomic E-state index is -4.55. The molecule has 0 fully saturated rings. The maximum atomic E-state index is 13.1. The minimum Gasteiger partial charge on any atom is -0.292 e. The second-order valence-corrected chi connectivity index (χ2v) is 8.88. The number of halogens is 3. The van der Waals surface area contributed by atoms with Crippen molar-refractivity contribution in [2.45, 2.75) is 58.7 Å². The Morgan fingerprint density at radius 3 is 2.13 bits per heavy atom. The topological polar surface area (TPSA) is 83.5 Å². The average molecular weight is 422 g/mol. The van der Waals surface area contributed by atoms with E-state index in [1.165, 1.54) is 4.68 Å². The second kappa shape index (κ2) is 7.45. The van der Waals surface area contributed by atoms with E-state index < -0.39 is 35.6 Å². The van der Waals surface area contributed by atoms with Crippen molar-refractivity contribution in [3.8, 4) is 0 Å². The third-order valence-electron chi connectivity index (χ3n) is 5.05. The lowest BCUT2D eigenvalue weighted by molar-refractivity contribution is -0.127. The number of fused-ring (bicyclic) bond motifs is 1. The number of nitrogens with zero attached hydrogens (tertiary/aromatic N) is 2. The van der Waals surface area contributed by atoms with E-state index in [0.717, 1.165) is 11.1 Å². The molecular weight excluding hydrogens is 397 g/mol. The molecule has 0 saturated carbocycles. The first-order chi connectivity index (χ1) is 13.8. The third kappa shape index (κ3) is 4.34. The van der Waals surface area contributed by atoms with Crippen molar-refractivity contribution in [1.82, 2.24) is 19.7 Å². The highest BCUT2D eigenvalue weighted by Gasteiger charge is 2.33. The molecule has 0 aliphatic heterocycles. The van der Waals surface area contributed by atoms with Crippen LogP contribution in [0, 0.1) is 5.92 Å². The minimum absolute atomic E-state index is 0.0124. The van der Waals surface area contributed by atoms with Crippen LogP contribution in [0.15, 0.2) is 33.9 Å². The largest absolute Gasteiger partial charge is 0.394 e. The molecule has 1 aromatic carbocycles. The van der Waals surface area contributed by atoms with Crippen molar-refractivity contribution in [1.29, 1.82) is 0 Å². The third-order valence-corrected chi connectivity index (χ3v) is 5.05. The summed E-state index contributed by atoms with van der Waals surface area (Å²) in [5, 5.41) is 3.91. The van der Waals surface area contributed by atoms with Crippen LogP contribution in [-0.4, -0.2) is 25.9 Å². The van der Waals surface area contributed by atoms with E-state index in [1.807, 2.05) is 43.1 Å². The Morgan fingerprint density at radius 2 is 1.63 bits per heavy atom. The van der Waals surface area contributed by atoms with E-state index >= 15 is 0 Å². The van der Waals surface area contributed by atoms with Crippen LogP contribution in [0.3, 0.4) is 0 Å². The summed E-state index contributed by atoms with van der Waals surface area (Å²) in [6, 6.07) is 7.30. The molecule has 2 N–H and O–H groups in total. The molecule has 0 aliphatic carbocycles. The summed E-state index contributed by atoms with van der Waals surface area (Å²) in [5.41, 5.74) is -0.220. The number of hydrogen-bond acceptors (Lipinski definition) is 3. The van der Waals surface area contributed by atoms with Crippen molar-refractivity contribution in [3.05, 3.63) is 61.9 Å². The number of aromatic nitrogens is 4. The zero-order chi connectivity index (χ0) is 22.4. The van der Waals surface area contributed by atoms with E-state index in [-0.39, 0.29) is 22.4 Å². The molecule has 0 spiro atoms. The molecule has 0 unspecified atom stereocenters. The van der Waals surface area contributed by atoms with Gasteiger partial charge in [-0.1, -0.05) is 58.9 Å². The van der Waals surface area contributed by atoms with Gasteiger partial charge in [0.15, 0.2) is 0 Å². The molecule has 2 aromatic heterocycles. The Hall–Kier alpha value is -2.84. The van der Waals surface area contributed by atoms with Gasteiger partial charge in [0.25, 0.3) is 5.56 Å². The first-order valence-corrected chi connectivity index (χ1v) is 9.69. The van der Waals surface area contributed by atoms with Crippen LogP contribution < -0.4 is 11.2 Å². The van der Waals surface area contributed by atoms with Crippen molar-refractivity contribution in [2.75, 3.05) is 0 Å². The second-order valence-electron chi connectivity index (χ2n) is 8.88. The van der Waals surface area contributed by atoms with Crippen LogP contribution >= 0.6 is 0 Å². The van der Waals surface area contributed by atoms with Gasteiger partial charge >= 0.3 is 11.9 Å². The Kier molecular flexibility index (Phi) is 5.43. The van der Waals surface area contributed by atoms with E-state index in [9.17, 15) is 22.8 Å². The van der Waals surface area contributed by atoms with Gasteiger partial charge in [-0.15, -0.1) is 0 Å². The van der Waals surface area contributed by atoms with Crippen LogP contribution in [0.4, 0.5) is 13.2 Å². The molecular formula is C21H25F3N4O2. The van der Waals surface area contributed by atoms with Crippen molar-refractivity contribution in [2.24, 2.45) is 5.92 Å². The summed E-state index contributed by atoms with van der Waals surface area (Å²) in [4.78, 5) is 28.6. The lowest BCUT2D eigenvalue weighted by Crippen LogP contribution is -2.25. The molecule has 0 saturated heterocycles. The van der Waals surface area contributed by atoms with Crippen molar-refractivity contribution >= 4 is 11.0 Å². The summed E-state index contributed by atoms with van der Waals surface area (Å²) in [7, 11) is 0. The van der Waals surface area contributed by atoms with Crippen LogP contribution in [0.5, 0.6) is 0 Å². The summed E-state index contributed by atoms with van der Waals surface area (Å²) >= 11 is 0. The number of rotatable bonds is 4. The first kappa shape index (κ1) is 21.9. The Labute approximate surface area is 171 Å². The van der Waals surface area contributed by atoms with Gasteiger partial charge in [0.1, 0.15) is 11.0 Å². The zero-order valence-corrected chi connectivity index (χ0v) is 17.5. The van der Waals surface area contributed by atoms with E-state index in [0.29, 0.717) is 0 Å². The number of nitrogens with one attached hydrogen (secondary N) is 2. The molecule has 162 valence electrons. The summed E-state index contributed by atoms with van der Waals surface area (Å²) in [6.07, 6.45) is -5.91. The fourth-order valence-corrected chi connectivity index (χ4v) is 3.65. The lowest BCUT2D eigenvalue weighted by Gasteiger charge is -2.24. The molecule has 3 rings (SSSR count). The average Bonchev–Trinajstić information content (AvgIpc) is 2.90. The summed E-state index contributed by atoms with van der Waals surface area (Å²) in [6.45, 7) is 10.1. The van der Waals surface area contributed by atoms with Crippen LogP contribution in [0.25, 0.3) is 11.0 Å². The van der Waals surface area contributed by atoms with Crippen molar-refractivity contribution in [3.63, 3.8) is 0 Å². The van der Waals surface area contributed by atoms with Gasteiger partial charge < -0.3 is 0 Å². The maximum Gasteiger partial charge on any atom is 0.394 e. The Balaban J connectivity index is 2.24. The zero-order valence-electron chi connectivity index (χ0n) is 17.5. The van der Waals surface area contributed by atoms with Crippen LogP contribution in [0.1, 0.15) is 57.5 Å². The predicted octanol–water partition coefficient (Wildman–Crippen LogP) is 4.06. The number of hydrogen-bond donors (Lipinski definition) is 2. The van der Waals surface area contributed by atoms with E-state index in [2.05, 4.69) is 30.9 Å². The van der Waals surface area contributed by atoms with Crippen LogP contribution in [-0.2, 0) is 11.8 Å². The molecule has 0 bridgehead atoms. The van der Waals surface area contributed by atoms with Gasteiger partial charge in [-0.25, -0.2) is 9.48 Å². The smallest absolute Gasteiger partial charge is 0.292 e. The highest BCUT2D eigenvalue weighted by molar-refractivity contribution is 5.77. The monoisotopic (exact) mass is 422 g/mol. The normalized spacial score (nSPS) is 13.9. The number of aromatic amines is 2. The molecule has 0 radical (unpaired) electrons. The standard InChI is InChI=1S/C21H25F3N4O2/c1-11(2)16(12-6-8-13(9-7-12)20(3,4)5)28-17-15(18(29)26-19(30)25-17)14(27-28)10-21(22,23)24/h6-9,11,16H,10H2,1-5H3,(H2,25,26,29,30)/t16-/m0/s1. The van der Waals surface area contributed by atoms with Gasteiger partial charge in [0, 0.05) is 0 Å². The molecule has 6 nitrogen and oxygen atoms in total. The quantitative estimate of drug-likeness (QED) is 0.665. The summed E-state index contributed by atoms with van der Waals surface area (Å²) < 4.78 is 40.6. The van der Waals surface area contributed by atoms with Crippen LogP contribution in [0.2, 0.25) is 0 Å². The van der Waals surface area contributed by atoms with Gasteiger partial charge in [0.2, 0.25) is 0 Å². The Morgan fingerprint density at radius 1 is 1.03 bits per heavy atom. The van der Waals surface area contributed by atoms with Gasteiger partial charge in [-0.3, -0.25) is 14.8 Å². The number of H-pyrrole nitrogens is 2. The molecule has 3 aromatic rings.